The normalized spacial score (nSPS) is 13.7. The van der Waals surface area contributed by atoms with E-state index in [0.29, 0.717) is 13.2 Å². The topological polar surface area (TPSA) is 47.6 Å². The smallest absolute Gasteiger partial charge is 0.325 e. The van der Waals surface area contributed by atoms with Crippen LogP contribution in [0.1, 0.15) is 26.3 Å². The number of carbonyl (C=O) groups is 1. The molecule has 0 unspecified atom stereocenters. The molecule has 4 nitrogen and oxygen atoms in total. The molecule has 0 aliphatic heterocycles. The van der Waals surface area contributed by atoms with Gasteiger partial charge in [-0.1, -0.05) is 51.1 Å². The maximum absolute atomic E-state index is 12.0. The Morgan fingerprint density at radius 1 is 1.23 bits per heavy atom. The predicted octanol–water partition coefficient (Wildman–Crippen LogP) is 3.34. The minimum atomic E-state index is -1.88. The quantitative estimate of drug-likeness (QED) is 0.617. The van der Waals surface area contributed by atoms with E-state index >= 15 is 0 Å². The van der Waals surface area contributed by atoms with Crippen LogP contribution in [-0.4, -0.2) is 34.0 Å². The van der Waals surface area contributed by atoms with Crippen molar-refractivity contribution in [2.24, 2.45) is 0 Å². The summed E-state index contributed by atoms with van der Waals surface area (Å²) in [5.74, 6) is -0.283. The van der Waals surface area contributed by atoms with Gasteiger partial charge in [-0.2, -0.15) is 0 Å². The zero-order valence-electron chi connectivity index (χ0n) is 14.6. The van der Waals surface area contributed by atoms with Crippen molar-refractivity contribution < 1.29 is 14.0 Å². The lowest BCUT2D eigenvalue weighted by Gasteiger charge is -2.37. The van der Waals surface area contributed by atoms with Crippen molar-refractivity contribution in [2.45, 2.75) is 51.5 Å². The van der Waals surface area contributed by atoms with Crippen molar-refractivity contribution in [3.63, 3.8) is 0 Å². The fourth-order valence-electron chi connectivity index (χ4n) is 1.70. The number of methoxy groups -OCH3 is 1. The molecule has 5 heteroatoms. The molecule has 0 heterocycles. The van der Waals surface area contributed by atoms with Crippen LogP contribution in [0.5, 0.6) is 0 Å². The van der Waals surface area contributed by atoms with Crippen LogP contribution in [0.2, 0.25) is 18.1 Å². The molecule has 1 atom stereocenters. The van der Waals surface area contributed by atoms with E-state index in [1.165, 1.54) is 7.11 Å². The summed E-state index contributed by atoms with van der Waals surface area (Å²) in [6.45, 7) is 11.9. The van der Waals surface area contributed by atoms with Gasteiger partial charge in [0, 0.05) is 6.54 Å². The lowest BCUT2D eigenvalue weighted by atomic mass is 10.2. The molecule has 1 N–H and O–H groups in total. The molecule has 124 valence electrons. The maximum atomic E-state index is 12.0. The summed E-state index contributed by atoms with van der Waals surface area (Å²) in [4.78, 5) is 12.0. The second-order valence-electron chi connectivity index (χ2n) is 7.01. The maximum Gasteiger partial charge on any atom is 0.325 e. The molecular weight excluding hydrogens is 294 g/mol. The van der Waals surface area contributed by atoms with Crippen molar-refractivity contribution in [3.8, 4) is 0 Å². The summed E-state index contributed by atoms with van der Waals surface area (Å²) in [6, 6.07) is 9.54. The van der Waals surface area contributed by atoms with Gasteiger partial charge in [0.25, 0.3) is 0 Å². The summed E-state index contributed by atoms with van der Waals surface area (Å²) >= 11 is 0. The highest BCUT2D eigenvalue weighted by molar-refractivity contribution is 6.74. The van der Waals surface area contributed by atoms with Crippen LogP contribution in [0.15, 0.2) is 30.3 Å². The fourth-order valence-corrected chi connectivity index (χ4v) is 2.71. The number of benzene rings is 1. The number of hydrogen-bond acceptors (Lipinski definition) is 4. The molecule has 1 rings (SSSR count). The Morgan fingerprint density at radius 2 is 1.82 bits per heavy atom. The minimum absolute atomic E-state index is 0.118. The van der Waals surface area contributed by atoms with Crippen LogP contribution in [0, 0.1) is 0 Å². The van der Waals surface area contributed by atoms with Crippen molar-refractivity contribution in [1.29, 1.82) is 0 Å². The second-order valence-corrected chi connectivity index (χ2v) is 11.8. The van der Waals surface area contributed by atoms with Crippen molar-refractivity contribution in [1.82, 2.24) is 5.32 Å². The summed E-state index contributed by atoms with van der Waals surface area (Å²) in [5.41, 5.74) is 1.13. The number of hydrogen-bond donors (Lipinski definition) is 1. The van der Waals surface area contributed by atoms with Gasteiger partial charge >= 0.3 is 5.97 Å². The van der Waals surface area contributed by atoms with E-state index in [1.54, 1.807) is 0 Å². The Balaban J connectivity index is 2.64. The van der Waals surface area contributed by atoms with Gasteiger partial charge in [-0.05, 0) is 23.7 Å². The van der Waals surface area contributed by atoms with E-state index in [4.69, 9.17) is 9.16 Å². The van der Waals surface area contributed by atoms with Crippen molar-refractivity contribution in [2.75, 3.05) is 13.7 Å². The molecular formula is C17H29NO3Si. The Hall–Kier alpha value is -1.17. The first-order valence-electron chi connectivity index (χ1n) is 7.66. The minimum Gasteiger partial charge on any atom is -0.468 e. The van der Waals surface area contributed by atoms with Crippen LogP contribution < -0.4 is 5.32 Å². The average Bonchev–Trinajstić information content (AvgIpc) is 2.46. The van der Waals surface area contributed by atoms with Gasteiger partial charge in [0.2, 0.25) is 0 Å². The lowest BCUT2D eigenvalue weighted by Crippen LogP contribution is -2.47. The molecule has 0 bridgehead atoms. The van der Waals surface area contributed by atoms with Crippen LogP contribution in [0.25, 0.3) is 0 Å². The standard InChI is InChI=1S/C17H29NO3Si/c1-17(2,3)22(5,6)21-13-15(16(19)20-4)18-12-14-10-8-7-9-11-14/h7-11,15,18H,12-13H2,1-6H3/t15-/m0/s1. The highest BCUT2D eigenvalue weighted by Gasteiger charge is 2.38. The molecule has 0 saturated carbocycles. The SMILES string of the molecule is COC(=O)[C@H](CO[Si](C)(C)C(C)(C)C)NCc1ccccc1. The van der Waals surface area contributed by atoms with Gasteiger partial charge in [0.15, 0.2) is 8.32 Å². The summed E-state index contributed by atoms with van der Waals surface area (Å²) in [7, 11) is -0.474. The van der Waals surface area contributed by atoms with Gasteiger partial charge in [-0.3, -0.25) is 10.1 Å². The molecule has 22 heavy (non-hydrogen) atoms. The number of carbonyl (C=O) groups excluding carboxylic acids is 1. The van der Waals surface area contributed by atoms with Gasteiger partial charge in [-0.25, -0.2) is 0 Å². The van der Waals surface area contributed by atoms with E-state index in [2.05, 4.69) is 39.2 Å². The number of nitrogens with one attached hydrogen (secondary N) is 1. The molecule has 0 radical (unpaired) electrons. The Morgan fingerprint density at radius 3 is 2.32 bits per heavy atom. The molecule has 0 amide bonds. The lowest BCUT2D eigenvalue weighted by molar-refractivity contribution is -0.144. The average molecular weight is 324 g/mol. The Labute approximate surface area is 135 Å². The zero-order chi connectivity index (χ0) is 16.8. The largest absolute Gasteiger partial charge is 0.468 e. The third-order valence-corrected chi connectivity index (χ3v) is 8.80. The van der Waals surface area contributed by atoms with Gasteiger partial charge in [0.05, 0.1) is 13.7 Å². The van der Waals surface area contributed by atoms with Gasteiger partial charge < -0.3 is 9.16 Å². The van der Waals surface area contributed by atoms with Crippen molar-refractivity contribution >= 4 is 14.3 Å². The first-order valence-corrected chi connectivity index (χ1v) is 10.6. The monoisotopic (exact) mass is 323 g/mol. The highest BCUT2D eigenvalue weighted by atomic mass is 28.4. The van der Waals surface area contributed by atoms with Gasteiger partial charge in [-0.15, -0.1) is 0 Å². The molecule has 0 aliphatic carbocycles. The molecule has 0 aliphatic rings. The highest BCUT2D eigenvalue weighted by Crippen LogP contribution is 2.36. The van der Waals surface area contributed by atoms with Crippen LogP contribution in [-0.2, 0) is 20.5 Å². The molecule has 0 spiro atoms. The molecule has 0 saturated heterocycles. The predicted molar refractivity (Wildman–Crippen MR) is 92.2 cm³/mol. The molecule has 1 aromatic rings. The number of ether oxygens (including phenoxy) is 1. The van der Waals surface area contributed by atoms with Crippen molar-refractivity contribution in [3.05, 3.63) is 35.9 Å². The Bertz CT molecular complexity index is 469. The van der Waals surface area contributed by atoms with Crippen LogP contribution in [0.4, 0.5) is 0 Å². The molecule has 0 aromatic heterocycles. The number of esters is 1. The van der Waals surface area contributed by atoms with Crippen LogP contribution in [0.3, 0.4) is 0 Å². The van der Waals surface area contributed by atoms with E-state index in [0.717, 1.165) is 5.56 Å². The van der Waals surface area contributed by atoms with Crippen LogP contribution >= 0.6 is 0 Å². The molecule has 1 aromatic carbocycles. The molecule has 0 fully saturated rings. The third-order valence-electron chi connectivity index (χ3n) is 4.30. The third kappa shape index (κ3) is 5.55. The van der Waals surface area contributed by atoms with Gasteiger partial charge in [0.1, 0.15) is 6.04 Å². The second kappa shape index (κ2) is 7.90. The Kier molecular flexibility index (Phi) is 6.78. The number of rotatable bonds is 7. The fraction of sp³-hybridized carbons (Fsp3) is 0.588. The summed E-state index contributed by atoms with van der Waals surface area (Å²) < 4.78 is 11.0. The summed E-state index contributed by atoms with van der Waals surface area (Å²) in [5, 5.41) is 3.35. The van der Waals surface area contributed by atoms with E-state index in [1.807, 2.05) is 30.3 Å². The summed E-state index contributed by atoms with van der Waals surface area (Å²) in [6.07, 6.45) is 0. The van der Waals surface area contributed by atoms with E-state index in [9.17, 15) is 4.79 Å². The van der Waals surface area contributed by atoms with E-state index < -0.39 is 14.4 Å². The van der Waals surface area contributed by atoms with E-state index in [-0.39, 0.29) is 11.0 Å². The zero-order valence-corrected chi connectivity index (χ0v) is 15.6. The first-order chi connectivity index (χ1) is 10.2. The first kappa shape index (κ1) is 18.9.